The third kappa shape index (κ3) is 13.1. The molecule has 0 spiro atoms. The molecule has 0 radical (unpaired) electrons. The number of carbonyl (C=O) groups excluding carboxylic acids is 2. The van der Waals surface area contributed by atoms with Gasteiger partial charge in [-0.3, -0.25) is 9.59 Å². The summed E-state index contributed by atoms with van der Waals surface area (Å²) in [6, 6.07) is 0. The molecule has 0 N–H and O–H groups in total. The molecule has 0 heterocycles. The molecule has 0 aromatic carbocycles. The van der Waals surface area contributed by atoms with Crippen LogP contribution in [0.5, 0.6) is 0 Å². The summed E-state index contributed by atoms with van der Waals surface area (Å²) in [5.41, 5.74) is -0.230. The summed E-state index contributed by atoms with van der Waals surface area (Å²) >= 11 is 0. The molecule has 0 saturated carbocycles. The highest BCUT2D eigenvalue weighted by molar-refractivity contribution is 5.80. The average Bonchev–Trinajstić information content (AvgIpc) is 2.29. The van der Waals surface area contributed by atoms with Crippen molar-refractivity contribution in [2.45, 2.75) is 75.2 Å². The largest absolute Gasteiger partial charge is 0.465 e. The van der Waals surface area contributed by atoms with Crippen LogP contribution in [0.15, 0.2) is 0 Å². The zero-order chi connectivity index (χ0) is 18.5. The predicted octanol–water partition coefficient (Wildman–Crippen LogP) is 4.61. The summed E-state index contributed by atoms with van der Waals surface area (Å²) < 4.78 is 10.7. The second kappa shape index (κ2) is 8.16. The Labute approximate surface area is 142 Å². The Balaban J connectivity index is 4.74. The van der Waals surface area contributed by atoms with Crippen LogP contribution in [0.4, 0.5) is 0 Å². The second-order valence-electron chi connectivity index (χ2n) is 10.1. The molecular formula is C19H36O4. The van der Waals surface area contributed by atoms with Crippen LogP contribution in [0.2, 0.25) is 0 Å². The number of esters is 2. The van der Waals surface area contributed by atoms with Gasteiger partial charge in [-0.2, -0.15) is 0 Å². The first kappa shape index (κ1) is 21.9. The molecule has 0 aromatic heterocycles. The number of hydrogen-bond donors (Lipinski definition) is 0. The molecule has 0 fully saturated rings. The summed E-state index contributed by atoms with van der Waals surface area (Å²) in [6.45, 7) is 18.9. The molecule has 0 rings (SSSR count). The minimum absolute atomic E-state index is 0.0598. The number of rotatable bonds is 6. The van der Waals surface area contributed by atoms with Crippen LogP contribution in [0.25, 0.3) is 0 Å². The van der Waals surface area contributed by atoms with Gasteiger partial charge in [0, 0.05) is 0 Å². The van der Waals surface area contributed by atoms with E-state index in [1.54, 1.807) is 0 Å². The third-order valence-corrected chi connectivity index (χ3v) is 2.92. The molecule has 1 unspecified atom stereocenters. The van der Waals surface area contributed by atoms with E-state index in [2.05, 4.69) is 20.8 Å². The van der Waals surface area contributed by atoms with E-state index in [-0.39, 0.29) is 34.6 Å². The van der Waals surface area contributed by atoms with Crippen LogP contribution in [0, 0.1) is 22.2 Å². The van der Waals surface area contributed by atoms with E-state index in [0.29, 0.717) is 19.6 Å². The smallest absolute Gasteiger partial charge is 0.309 e. The fourth-order valence-electron chi connectivity index (χ4n) is 1.94. The lowest BCUT2D eigenvalue weighted by atomic mass is 9.83. The van der Waals surface area contributed by atoms with Crippen LogP contribution in [0.3, 0.4) is 0 Å². The van der Waals surface area contributed by atoms with Gasteiger partial charge in [-0.15, -0.1) is 0 Å². The van der Waals surface area contributed by atoms with Gasteiger partial charge in [-0.25, -0.2) is 0 Å². The summed E-state index contributed by atoms with van der Waals surface area (Å²) in [7, 11) is 0. The molecule has 4 nitrogen and oxygen atoms in total. The molecule has 0 saturated heterocycles. The summed E-state index contributed by atoms with van der Waals surface area (Å²) in [5, 5.41) is 0. The molecule has 136 valence electrons. The van der Waals surface area contributed by atoms with Crippen molar-refractivity contribution in [1.82, 2.24) is 0 Å². The third-order valence-electron chi connectivity index (χ3n) is 2.92. The first-order chi connectivity index (χ1) is 10.1. The highest BCUT2D eigenvalue weighted by atomic mass is 16.5. The van der Waals surface area contributed by atoms with Gasteiger partial charge in [0.05, 0.1) is 25.6 Å². The van der Waals surface area contributed by atoms with E-state index >= 15 is 0 Å². The number of carbonyl (C=O) groups is 2. The molecule has 1 atom stereocenters. The van der Waals surface area contributed by atoms with Crippen molar-refractivity contribution in [2.75, 3.05) is 13.2 Å². The molecule has 4 heteroatoms. The first-order valence-corrected chi connectivity index (χ1v) is 8.41. The standard InChI is InChI=1S/C19H36O4/c1-17(2,3)11-14(16(21)23-13-19(7,8)9)10-15(20)22-12-18(4,5)6/h14H,10-13H2,1-9H3. The fourth-order valence-corrected chi connectivity index (χ4v) is 1.94. The van der Waals surface area contributed by atoms with Gasteiger partial charge in [-0.05, 0) is 22.7 Å². The van der Waals surface area contributed by atoms with Crippen molar-refractivity contribution >= 4 is 11.9 Å². The molecule has 0 aliphatic heterocycles. The molecule has 0 bridgehead atoms. The van der Waals surface area contributed by atoms with Gasteiger partial charge in [0.1, 0.15) is 0 Å². The minimum atomic E-state index is -0.454. The van der Waals surface area contributed by atoms with E-state index in [1.165, 1.54) is 0 Å². The van der Waals surface area contributed by atoms with Crippen molar-refractivity contribution in [3.05, 3.63) is 0 Å². The summed E-state index contributed by atoms with van der Waals surface area (Å²) in [4.78, 5) is 24.4. The van der Waals surface area contributed by atoms with E-state index in [4.69, 9.17) is 9.47 Å². The van der Waals surface area contributed by atoms with Crippen LogP contribution in [-0.2, 0) is 19.1 Å². The first-order valence-electron chi connectivity index (χ1n) is 8.41. The molecule has 23 heavy (non-hydrogen) atoms. The van der Waals surface area contributed by atoms with E-state index in [0.717, 1.165) is 0 Å². The lowest BCUT2D eigenvalue weighted by Gasteiger charge is -2.26. The highest BCUT2D eigenvalue weighted by Gasteiger charge is 2.30. The topological polar surface area (TPSA) is 52.6 Å². The minimum Gasteiger partial charge on any atom is -0.465 e. The van der Waals surface area contributed by atoms with E-state index < -0.39 is 5.92 Å². The Hall–Kier alpha value is -1.06. The maximum Gasteiger partial charge on any atom is 0.309 e. The van der Waals surface area contributed by atoms with Crippen LogP contribution in [-0.4, -0.2) is 25.2 Å². The van der Waals surface area contributed by atoms with Crippen LogP contribution >= 0.6 is 0 Å². The lowest BCUT2D eigenvalue weighted by Crippen LogP contribution is -2.29. The zero-order valence-electron chi connectivity index (χ0n) is 16.5. The summed E-state index contributed by atoms with van der Waals surface area (Å²) in [5.74, 6) is -1.09. The second-order valence-corrected chi connectivity index (χ2v) is 10.1. The maximum atomic E-state index is 12.4. The van der Waals surface area contributed by atoms with Gasteiger partial charge >= 0.3 is 11.9 Å². The SMILES string of the molecule is CC(C)(C)COC(=O)CC(CC(C)(C)C)C(=O)OCC(C)(C)C. The average molecular weight is 328 g/mol. The lowest BCUT2D eigenvalue weighted by molar-refractivity contribution is -0.159. The monoisotopic (exact) mass is 328 g/mol. The fraction of sp³-hybridized carbons (Fsp3) is 0.895. The van der Waals surface area contributed by atoms with Gasteiger partial charge in [0.15, 0.2) is 0 Å². The van der Waals surface area contributed by atoms with Gasteiger partial charge in [0.25, 0.3) is 0 Å². The predicted molar refractivity (Wildman–Crippen MR) is 93.0 cm³/mol. The maximum absolute atomic E-state index is 12.4. The Morgan fingerprint density at radius 1 is 0.739 bits per heavy atom. The Morgan fingerprint density at radius 3 is 1.57 bits per heavy atom. The van der Waals surface area contributed by atoms with Crippen molar-refractivity contribution in [3.8, 4) is 0 Å². The van der Waals surface area contributed by atoms with Gasteiger partial charge in [-0.1, -0.05) is 62.3 Å². The van der Waals surface area contributed by atoms with E-state index in [1.807, 2.05) is 41.5 Å². The quantitative estimate of drug-likeness (QED) is 0.668. The van der Waals surface area contributed by atoms with Gasteiger partial charge in [0.2, 0.25) is 0 Å². The van der Waals surface area contributed by atoms with Crippen molar-refractivity contribution < 1.29 is 19.1 Å². The van der Waals surface area contributed by atoms with E-state index in [9.17, 15) is 9.59 Å². The van der Waals surface area contributed by atoms with Crippen molar-refractivity contribution in [2.24, 2.45) is 22.2 Å². The Kier molecular flexibility index (Phi) is 7.79. The molecule has 0 aliphatic carbocycles. The molecule has 0 amide bonds. The zero-order valence-corrected chi connectivity index (χ0v) is 16.5. The van der Waals surface area contributed by atoms with Gasteiger partial charge < -0.3 is 9.47 Å². The van der Waals surface area contributed by atoms with Crippen LogP contribution in [0.1, 0.15) is 75.2 Å². The normalized spacial score (nSPS) is 14.3. The molecular weight excluding hydrogens is 292 g/mol. The highest BCUT2D eigenvalue weighted by Crippen LogP contribution is 2.28. The molecule has 0 aliphatic rings. The number of ether oxygens (including phenoxy) is 2. The summed E-state index contributed by atoms with van der Waals surface area (Å²) in [6.07, 6.45) is 0.678. The Morgan fingerprint density at radius 2 is 1.17 bits per heavy atom. The van der Waals surface area contributed by atoms with Crippen molar-refractivity contribution in [1.29, 1.82) is 0 Å². The number of hydrogen-bond acceptors (Lipinski definition) is 4. The Bertz CT molecular complexity index is 391. The molecule has 0 aromatic rings. The van der Waals surface area contributed by atoms with Crippen molar-refractivity contribution in [3.63, 3.8) is 0 Å². The van der Waals surface area contributed by atoms with Crippen LogP contribution < -0.4 is 0 Å².